The fraction of sp³-hybridized carbons (Fsp3) is 0.143. The van der Waals surface area contributed by atoms with E-state index in [1.54, 1.807) is 36.4 Å². The standard InChI is InChI=1S/C21H17NO6/c1-26-19(23)17-16(20(24)28-12-13-8-4-3-5-9-13)14-10-6-7-11-15(14)22-18(17)21(25)27-2/h3-11H,12H2,1-2H3. The summed E-state index contributed by atoms with van der Waals surface area (Å²) < 4.78 is 14.9. The predicted molar refractivity (Wildman–Crippen MR) is 100.0 cm³/mol. The second-order valence-electron chi connectivity index (χ2n) is 5.77. The highest BCUT2D eigenvalue weighted by molar-refractivity contribution is 6.16. The second-order valence-corrected chi connectivity index (χ2v) is 5.77. The Hall–Kier alpha value is -3.74. The van der Waals surface area contributed by atoms with E-state index in [2.05, 4.69) is 4.98 Å². The summed E-state index contributed by atoms with van der Waals surface area (Å²) in [5.41, 5.74) is 0.448. The van der Waals surface area contributed by atoms with Gasteiger partial charge in [0.15, 0.2) is 5.69 Å². The summed E-state index contributed by atoms with van der Waals surface area (Å²) in [4.78, 5) is 41.7. The minimum atomic E-state index is -0.884. The van der Waals surface area contributed by atoms with E-state index in [1.807, 2.05) is 18.2 Å². The molecule has 0 amide bonds. The number of carbonyl (C=O) groups is 3. The van der Waals surface area contributed by atoms with Crippen LogP contribution < -0.4 is 0 Å². The average Bonchev–Trinajstić information content (AvgIpc) is 2.75. The number of hydrogen-bond acceptors (Lipinski definition) is 7. The number of ether oxygens (including phenoxy) is 3. The first-order valence-electron chi connectivity index (χ1n) is 8.37. The van der Waals surface area contributed by atoms with Crippen LogP contribution in [0, 0.1) is 0 Å². The lowest BCUT2D eigenvalue weighted by atomic mass is 10.00. The lowest BCUT2D eigenvalue weighted by Crippen LogP contribution is -2.20. The average molecular weight is 379 g/mol. The molecular weight excluding hydrogens is 362 g/mol. The molecule has 0 bridgehead atoms. The van der Waals surface area contributed by atoms with Crippen molar-refractivity contribution in [3.8, 4) is 0 Å². The maximum absolute atomic E-state index is 12.9. The van der Waals surface area contributed by atoms with E-state index in [0.29, 0.717) is 10.9 Å². The molecule has 0 aliphatic heterocycles. The summed E-state index contributed by atoms with van der Waals surface area (Å²) in [6.07, 6.45) is 0. The Bertz CT molecular complexity index is 1050. The zero-order chi connectivity index (χ0) is 20.1. The molecular formula is C21H17NO6. The number of rotatable bonds is 5. The van der Waals surface area contributed by atoms with Crippen LogP contribution >= 0.6 is 0 Å². The van der Waals surface area contributed by atoms with Gasteiger partial charge in [-0.15, -0.1) is 0 Å². The summed E-state index contributed by atoms with van der Waals surface area (Å²) >= 11 is 0. The van der Waals surface area contributed by atoms with Gasteiger partial charge in [-0.05, 0) is 11.6 Å². The van der Waals surface area contributed by atoms with E-state index in [4.69, 9.17) is 14.2 Å². The van der Waals surface area contributed by atoms with E-state index in [9.17, 15) is 14.4 Å². The quantitative estimate of drug-likeness (QED) is 0.497. The van der Waals surface area contributed by atoms with E-state index in [1.165, 1.54) is 0 Å². The first-order valence-corrected chi connectivity index (χ1v) is 8.37. The summed E-state index contributed by atoms with van der Waals surface area (Å²) in [5, 5.41) is 0.369. The smallest absolute Gasteiger partial charge is 0.357 e. The number of para-hydroxylation sites is 1. The summed E-state index contributed by atoms with van der Waals surface area (Å²) in [5.74, 6) is -2.51. The van der Waals surface area contributed by atoms with Crippen molar-refractivity contribution in [2.24, 2.45) is 0 Å². The molecule has 0 aliphatic rings. The van der Waals surface area contributed by atoms with Crippen LogP contribution in [0.3, 0.4) is 0 Å². The number of benzene rings is 2. The van der Waals surface area contributed by atoms with Gasteiger partial charge in [0.05, 0.1) is 25.3 Å². The Morgan fingerprint density at radius 1 is 0.786 bits per heavy atom. The molecule has 0 unspecified atom stereocenters. The predicted octanol–water partition coefficient (Wildman–Crippen LogP) is 3.17. The Kier molecular flexibility index (Phi) is 5.64. The van der Waals surface area contributed by atoms with E-state index in [-0.39, 0.29) is 23.4 Å². The Morgan fingerprint density at radius 3 is 2.11 bits per heavy atom. The van der Waals surface area contributed by atoms with Crippen molar-refractivity contribution < 1.29 is 28.6 Å². The van der Waals surface area contributed by atoms with Crippen molar-refractivity contribution in [1.29, 1.82) is 0 Å². The van der Waals surface area contributed by atoms with Crippen molar-refractivity contribution in [2.45, 2.75) is 6.61 Å². The van der Waals surface area contributed by atoms with Crippen LogP contribution in [0.25, 0.3) is 10.9 Å². The van der Waals surface area contributed by atoms with Crippen LogP contribution in [-0.2, 0) is 20.8 Å². The lowest BCUT2D eigenvalue weighted by Gasteiger charge is -2.14. The molecule has 0 fully saturated rings. The van der Waals surface area contributed by atoms with Gasteiger partial charge in [-0.1, -0.05) is 48.5 Å². The number of carbonyl (C=O) groups excluding carboxylic acids is 3. The first-order chi connectivity index (χ1) is 13.6. The van der Waals surface area contributed by atoms with Gasteiger partial charge in [-0.2, -0.15) is 0 Å². The molecule has 2 aromatic carbocycles. The first kappa shape index (κ1) is 19.0. The zero-order valence-electron chi connectivity index (χ0n) is 15.3. The number of nitrogens with zero attached hydrogens (tertiary/aromatic N) is 1. The maximum atomic E-state index is 12.9. The molecule has 0 spiro atoms. The van der Waals surface area contributed by atoms with Crippen LogP contribution in [0.15, 0.2) is 54.6 Å². The van der Waals surface area contributed by atoms with Gasteiger partial charge in [0.2, 0.25) is 0 Å². The van der Waals surface area contributed by atoms with Crippen LogP contribution in [0.1, 0.15) is 36.8 Å². The van der Waals surface area contributed by atoms with Gasteiger partial charge in [-0.25, -0.2) is 19.4 Å². The SMILES string of the molecule is COC(=O)c1nc2ccccc2c(C(=O)OCc2ccccc2)c1C(=O)OC. The molecule has 0 atom stereocenters. The van der Waals surface area contributed by atoms with Crippen LogP contribution in [0.4, 0.5) is 0 Å². The van der Waals surface area contributed by atoms with Crippen molar-refractivity contribution in [3.05, 3.63) is 77.0 Å². The van der Waals surface area contributed by atoms with E-state index in [0.717, 1.165) is 19.8 Å². The molecule has 7 heteroatoms. The van der Waals surface area contributed by atoms with Crippen molar-refractivity contribution in [3.63, 3.8) is 0 Å². The monoisotopic (exact) mass is 379 g/mol. The van der Waals surface area contributed by atoms with E-state index >= 15 is 0 Å². The van der Waals surface area contributed by atoms with Gasteiger partial charge < -0.3 is 14.2 Å². The third kappa shape index (κ3) is 3.68. The van der Waals surface area contributed by atoms with E-state index < -0.39 is 17.9 Å². The molecule has 142 valence electrons. The molecule has 0 aliphatic carbocycles. The number of esters is 3. The number of pyridine rings is 1. The number of aromatic nitrogens is 1. The summed E-state index contributed by atoms with van der Waals surface area (Å²) in [6, 6.07) is 15.7. The molecule has 0 N–H and O–H groups in total. The van der Waals surface area contributed by atoms with Crippen molar-refractivity contribution >= 4 is 28.8 Å². The highest BCUT2D eigenvalue weighted by Crippen LogP contribution is 2.26. The Labute approximate surface area is 160 Å². The second kappa shape index (κ2) is 8.30. The van der Waals surface area contributed by atoms with Gasteiger partial charge in [-0.3, -0.25) is 0 Å². The Morgan fingerprint density at radius 2 is 1.43 bits per heavy atom. The minimum absolute atomic E-state index is 0.00446. The highest BCUT2D eigenvalue weighted by atomic mass is 16.5. The Balaban J connectivity index is 2.16. The van der Waals surface area contributed by atoms with Gasteiger partial charge in [0, 0.05) is 5.39 Å². The fourth-order valence-corrected chi connectivity index (χ4v) is 2.76. The summed E-state index contributed by atoms with van der Waals surface area (Å²) in [6.45, 7) is 0.00446. The molecule has 3 aromatic rings. The van der Waals surface area contributed by atoms with Crippen molar-refractivity contribution in [1.82, 2.24) is 4.98 Å². The van der Waals surface area contributed by atoms with Gasteiger partial charge >= 0.3 is 17.9 Å². The third-order valence-electron chi connectivity index (χ3n) is 4.08. The molecule has 0 saturated heterocycles. The number of fused-ring (bicyclic) bond motifs is 1. The largest absolute Gasteiger partial charge is 0.465 e. The molecule has 28 heavy (non-hydrogen) atoms. The molecule has 0 radical (unpaired) electrons. The van der Waals surface area contributed by atoms with Crippen molar-refractivity contribution in [2.75, 3.05) is 14.2 Å². The van der Waals surface area contributed by atoms with Gasteiger partial charge in [0.25, 0.3) is 0 Å². The molecule has 1 heterocycles. The lowest BCUT2D eigenvalue weighted by molar-refractivity contribution is 0.0457. The number of hydrogen-bond donors (Lipinski definition) is 0. The summed E-state index contributed by atoms with van der Waals surface area (Å²) in [7, 11) is 2.31. The topological polar surface area (TPSA) is 91.8 Å². The normalized spacial score (nSPS) is 10.4. The highest BCUT2D eigenvalue weighted by Gasteiger charge is 2.30. The van der Waals surface area contributed by atoms with Gasteiger partial charge in [0.1, 0.15) is 12.2 Å². The third-order valence-corrected chi connectivity index (χ3v) is 4.08. The maximum Gasteiger partial charge on any atom is 0.357 e. The molecule has 1 aromatic heterocycles. The minimum Gasteiger partial charge on any atom is -0.465 e. The molecule has 0 saturated carbocycles. The zero-order valence-corrected chi connectivity index (χ0v) is 15.3. The number of methoxy groups -OCH3 is 2. The fourth-order valence-electron chi connectivity index (χ4n) is 2.76. The van der Waals surface area contributed by atoms with Crippen LogP contribution in [0.5, 0.6) is 0 Å². The molecule has 3 rings (SSSR count). The van der Waals surface area contributed by atoms with Crippen LogP contribution in [-0.4, -0.2) is 37.1 Å². The molecule has 7 nitrogen and oxygen atoms in total. The van der Waals surface area contributed by atoms with Crippen LogP contribution in [0.2, 0.25) is 0 Å².